The number of nitrogens with zero attached hydrogens (tertiary/aromatic N) is 3. The molecule has 1 saturated heterocycles. The van der Waals surface area contributed by atoms with Crippen LogP contribution < -0.4 is 0 Å². The monoisotopic (exact) mass is 371 g/mol. The van der Waals surface area contributed by atoms with E-state index in [0.717, 1.165) is 25.5 Å². The summed E-state index contributed by atoms with van der Waals surface area (Å²) in [4.78, 5) is 3.99. The van der Waals surface area contributed by atoms with Gasteiger partial charge in [0.05, 0.1) is 11.3 Å². The van der Waals surface area contributed by atoms with Crippen LogP contribution >= 0.6 is 11.6 Å². The second-order valence-electron chi connectivity index (χ2n) is 6.16. The minimum Gasteiger partial charge on any atom is -0.337 e. The molecule has 24 heavy (non-hydrogen) atoms. The van der Waals surface area contributed by atoms with Crippen LogP contribution in [0.4, 0.5) is 4.39 Å². The molecule has 1 aliphatic rings. The van der Waals surface area contributed by atoms with Gasteiger partial charge in [-0.1, -0.05) is 11.6 Å². The molecule has 1 unspecified atom stereocenters. The summed E-state index contributed by atoms with van der Waals surface area (Å²) in [5, 5.41) is -0.0742. The summed E-state index contributed by atoms with van der Waals surface area (Å²) in [6.07, 6.45) is 7.05. The van der Waals surface area contributed by atoms with Gasteiger partial charge in [0.25, 0.3) is 0 Å². The molecular weight excluding hydrogens is 353 g/mol. The molecule has 1 aliphatic heterocycles. The van der Waals surface area contributed by atoms with Crippen LogP contribution in [0.15, 0.2) is 35.7 Å². The molecule has 0 saturated carbocycles. The molecule has 0 N–H and O–H groups in total. The Morgan fingerprint density at radius 2 is 2.21 bits per heavy atom. The van der Waals surface area contributed by atoms with Crippen molar-refractivity contribution in [3.63, 3.8) is 0 Å². The van der Waals surface area contributed by atoms with Crippen molar-refractivity contribution in [2.24, 2.45) is 5.92 Å². The van der Waals surface area contributed by atoms with Crippen molar-refractivity contribution in [2.75, 3.05) is 13.1 Å². The summed E-state index contributed by atoms with van der Waals surface area (Å²) in [6, 6.07) is 2.38. The summed E-state index contributed by atoms with van der Waals surface area (Å²) in [7, 11) is -3.73. The summed E-state index contributed by atoms with van der Waals surface area (Å²) >= 11 is 6.00. The highest BCUT2D eigenvalue weighted by Gasteiger charge is 2.32. The third kappa shape index (κ3) is 3.48. The van der Waals surface area contributed by atoms with Gasteiger partial charge in [-0.25, -0.2) is 17.8 Å². The minimum absolute atomic E-state index is 0.0219. The first-order valence-electron chi connectivity index (χ1n) is 7.79. The van der Waals surface area contributed by atoms with Crippen LogP contribution in [0.2, 0.25) is 5.02 Å². The van der Waals surface area contributed by atoms with Gasteiger partial charge in [0.2, 0.25) is 10.0 Å². The molecule has 5 nitrogen and oxygen atoms in total. The zero-order chi connectivity index (χ0) is 17.3. The second-order valence-corrected chi connectivity index (χ2v) is 8.48. The van der Waals surface area contributed by atoms with Gasteiger partial charge in [-0.3, -0.25) is 0 Å². The number of rotatable bonds is 4. The molecular formula is C16H19ClFN3O2S. The Morgan fingerprint density at radius 3 is 2.92 bits per heavy atom. The van der Waals surface area contributed by atoms with Crippen molar-refractivity contribution < 1.29 is 12.8 Å². The van der Waals surface area contributed by atoms with E-state index in [1.165, 1.54) is 17.3 Å². The maximum atomic E-state index is 13.6. The van der Waals surface area contributed by atoms with Gasteiger partial charge in [-0.15, -0.1) is 0 Å². The largest absolute Gasteiger partial charge is 0.337 e. The lowest BCUT2D eigenvalue weighted by Gasteiger charge is -2.32. The van der Waals surface area contributed by atoms with E-state index in [9.17, 15) is 12.8 Å². The first-order chi connectivity index (χ1) is 11.4. The maximum absolute atomic E-state index is 13.6. The average Bonchev–Trinajstić information content (AvgIpc) is 3.04. The highest BCUT2D eigenvalue weighted by Crippen LogP contribution is 2.30. The van der Waals surface area contributed by atoms with Gasteiger partial charge in [0.15, 0.2) is 0 Å². The molecule has 0 bridgehead atoms. The lowest BCUT2D eigenvalue weighted by atomic mass is 10.00. The molecule has 1 fully saturated rings. The molecule has 2 aromatic rings. The zero-order valence-electron chi connectivity index (χ0n) is 13.3. The van der Waals surface area contributed by atoms with Gasteiger partial charge < -0.3 is 4.57 Å². The fraction of sp³-hybridized carbons (Fsp3) is 0.438. The van der Waals surface area contributed by atoms with Crippen molar-refractivity contribution in [3.05, 3.63) is 47.3 Å². The van der Waals surface area contributed by atoms with E-state index in [-0.39, 0.29) is 21.4 Å². The molecule has 0 radical (unpaired) electrons. The van der Waals surface area contributed by atoms with Gasteiger partial charge in [0.1, 0.15) is 10.7 Å². The fourth-order valence-electron chi connectivity index (χ4n) is 3.05. The number of benzene rings is 1. The highest BCUT2D eigenvalue weighted by molar-refractivity contribution is 7.89. The van der Waals surface area contributed by atoms with Gasteiger partial charge in [0, 0.05) is 32.0 Å². The molecule has 1 atom stereocenters. The van der Waals surface area contributed by atoms with Crippen molar-refractivity contribution in [1.29, 1.82) is 0 Å². The maximum Gasteiger partial charge on any atom is 0.244 e. The van der Waals surface area contributed by atoms with Crippen molar-refractivity contribution in [2.45, 2.75) is 31.2 Å². The molecule has 3 rings (SSSR count). The molecule has 1 aromatic carbocycles. The molecule has 8 heteroatoms. The third-order valence-electron chi connectivity index (χ3n) is 4.34. The molecule has 0 spiro atoms. The van der Waals surface area contributed by atoms with E-state index < -0.39 is 15.8 Å². The molecule has 2 heterocycles. The first-order valence-corrected chi connectivity index (χ1v) is 9.61. The fourth-order valence-corrected chi connectivity index (χ4v) is 5.18. The zero-order valence-corrected chi connectivity index (χ0v) is 14.9. The van der Waals surface area contributed by atoms with Crippen LogP contribution in [0.5, 0.6) is 0 Å². The lowest BCUT2D eigenvalue weighted by molar-refractivity contribution is 0.245. The number of aryl methyl sites for hydroxylation is 1. The number of hydrogen-bond acceptors (Lipinski definition) is 3. The van der Waals surface area contributed by atoms with E-state index >= 15 is 0 Å². The number of halogens is 2. The van der Waals surface area contributed by atoms with Gasteiger partial charge >= 0.3 is 0 Å². The number of sulfonamides is 1. The smallest absolute Gasteiger partial charge is 0.244 e. The van der Waals surface area contributed by atoms with Crippen LogP contribution in [0.25, 0.3) is 0 Å². The third-order valence-corrected chi connectivity index (χ3v) is 6.67. The van der Waals surface area contributed by atoms with Crippen LogP contribution in [0.1, 0.15) is 18.4 Å². The Bertz CT molecular complexity index is 824. The van der Waals surface area contributed by atoms with E-state index in [4.69, 9.17) is 11.6 Å². The minimum atomic E-state index is -3.73. The quantitative estimate of drug-likeness (QED) is 0.829. The predicted octanol–water partition coefficient (Wildman–Crippen LogP) is 3.08. The van der Waals surface area contributed by atoms with Gasteiger partial charge in [-0.2, -0.15) is 4.31 Å². The molecule has 130 valence electrons. The van der Waals surface area contributed by atoms with Crippen molar-refractivity contribution >= 4 is 21.6 Å². The van der Waals surface area contributed by atoms with E-state index in [2.05, 4.69) is 4.98 Å². The van der Waals surface area contributed by atoms with Crippen LogP contribution in [-0.2, 0) is 16.6 Å². The predicted molar refractivity (Wildman–Crippen MR) is 89.9 cm³/mol. The van der Waals surface area contributed by atoms with Crippen LogP contribution in [0, 0.1) is 18.7 Å². The van der Waals surface area contributed by atoms with E-state index in [0.29, 0.717) is 13.1 Å². The summed E-state index contributed by atoms with van der Waals surface area (Å²) in [6.45, 7) is 3.13. The Balaban J connectivity index is 1.83. The standard InChI is InChI=1S/C16H19ClFN3O2S/c1-12-7-16(14(17)8-15(12)18)24(22,23)21-5-2-3-13(10-21)9-20-6-4-19-11-20/h4,6-8,11,13H,2-3,5,9-10H2,1H3. The summed E-state index contributed by atoms with van der Waals surface area (Å²) in [5.74, 6) is -0.293. The Labute approximate surface area is 146 Å². The van der Waals surface area contributed by atoms with Crippen molar-refractivity contribution in [3.8, 4) is 0 Å². The number of imidazole rings is 1. The van der Waals surface area contributed by atoms with Crippen molar-refractivity contribution in [1.82, 2.24) is 13.9 Å². The average molecular weight is 372 g/mol. The lowest BCUT2D eigenvalue weighted by Crippen LogP contribution is -2.41. The molecule has 0 amide bonds. The second kappa shape index (κ2) is 6.82. The Hall–Kier alpha value is -1.44. The van der Waals surface area contributed by atoms with Crippen LogP contribution in [-0.4, -0.2) is 35.4 Å². The van der Waals surface area contributed by atoms with E-state index in [1.54, 1.807) is 12.5 Å². The number of piperidine rings is 1. The summed E-state index contributed by atoms with van der Waals surface area (Å²) < 4.78 is 42.8. The SMILES string of the molecule is Cc1cc(S(=O)(=O)N2CCCC(Cn3ccnc3)C2)c(Cl)cc1F. The molecule has 0 aliphatic carbocycles. The normalized spacial score (nSPS) is 19.5. The van der Waals surface area contributed by atoms with Gasteiger partial charge in [-0.05, 0) is 43.4 Å². The summed E-state index contributed by atoms with van der Waals surface area (Å²) in [5.41, 5.74) is 0.268. The number of hydrogen-bond donors (Lipinski definition) is 0. The first kappa shape index (κ1) is 17.4. The van der Waals surface area contributed by atoms with Crippen LogP contribution in [0.3, 0.4) is 0 Å². The highest BCUT2D eigenvalue weighted by atomic mass is 35.5. The number of aromatic nitrogens is 2. The topological polar surface area (TPSA) is 55.2 Å². The Kier molecular flexibility index (Phi) is 4.94. The molecule has 1 aromatic heterocycles. The van der Waals surface area contributed by atoms with E-state index in [1.807, 2.05) is 10.8 Å². The Morgan fingerprint density at radius 1 is 1.42 bits per heavy atom.